The highest BCUT2D eigenvalue weighted by molar-refractivity contribution is 6.30. The van der Waals surface area contributed by atoms with E-state index in [9.17, 15) is 9.59 Å². The Labute approximate surface area is 170 Å². The highest BCUT2D eigenvalue weighted by Gasteiger charge is 2.17. The summed E-state index contributed by atoms with van der Waals surface area (Å²) in [6.07, 6.45) is 1.48. The molecule has 4 rings (SSSR count). The van der Waals surface area contributed by atoms with Gasteiger partial charge in [0.1, 0.15) is 17.4 Å². The van der Waals surface area contributed by atoms with Crippen LogP contribution in [0.25, 0.3) is 22.4 Å². The molecule has 7 nitrogen and oxygen atoms in total. The van der Waals surface area contributed by atoms with Crippen LogP contribution in [0.4, 0.5) is 5.69 Å². The van der Waals surface area contributed by atoms with Gasteiger partial charge in [-0.2, -0.15) is 0 Å². The second-order valence-electron chi connectivity index (χ2n) is 6.58. The van der Waals surface area contributed by atoms with E-state index in [0.717, 1.165) is 11.1 Å². The predicted molar refractivity (Wildman–Crippen MR) is 111 cm³/mol. The molecule has 8 heteroatoms. The number of halogens is 1. The molecule has 4 aromatic rings. The minimum absolute atomic E-state index is 0.112. The summed E-state index contributed by atoms with van der Waals surface area (Å²) in [6, 6.07) is 14.5. The second-order valence-corrected chi connectivity index (χ2v) is 7.01. The number of hydrogen-bond acceptors (Lipinski definition) is 5. The summed E-state index contributed by atoms with van der Waals surface area (Å²) < 4.78 is 6.59. The van der Waals surface area contributed by atoms with Crippen LogP contribution in [0.15, 0.2) is 64.2 Å². The predicted octanol–water partition coefficient (Wildman–Crippen LogP) is 4.04. The summed E-state index contributed by atoms with van der Waals surface area (Å²) in [6.45, 7) is 2.04. The number of nitrogens with zero attached hydrogens (tertiary/aromatic N) is 3. The van der Waals surface area contributed by atoms with Crippen LogP contribution in [-0.2, 0) is 11.3 Å². The number of rotatable bonds is 5. The van der Waals surface area contributed by atoms with E-state index in [-0.39, 0.29) is 30.1 Å². The van der Waals surface area contributed by atoms with Crippen LogP contribution < -0.4 is 10.9 Å². The third-order valence-electron chi connectivity index (χ3n) is 4.55. The van der Waals surface area contributed by atoms with Crippen molar-refractivity contribution in [2.45, 2.75) is 19.9 Å². The van der Waals surface area contributed by atoms with E-state index in [0.29, 0.717) is 21.8 Å². The van der Waals surface area contributed by atoms with Gasteiger partial charge in [0, 0.05) is 29.2 Å². The van der Waals surface area contributed by atoms with Crippen molar-refractivity contribution in [2.75, 3.05) is 5.32 Å². The largest absolute Gasteiger partial charge is 0.335 e. The average molecular weight is 409 g/mol. The molecule has 0 aliphatic heterocycles. The summed E-state index contributed by atoms with van der Waals surface area (Å²) in [5.74, 6) is -0.212. The van der Waals surface area contributed by atoms with Gasteiger partial charge in [0.25, 0.3) is 11.3 Å². The van der Waals surface area contributed by atoms with Crippen molar-refractivity contribution in [1.82, 2.24) is 14.7 Å². The third-order valence-corrected chi connectivity index (χ3v) is 4.79. The van der Waals surface area contributed by atoms with Crippen molar-refractivity contribution in [1.29, 1.82) is 0 Å². The number of benzene rings is 2. The molecule has 2 aromatic heterocycles. The van der Waals surface area contributed by atoms with Crippen molar-refractivity contribution in [3.8, 4) is 11.3 Å². The van der Waals surface area contributed by atoms with Crippen molar-refractivity contribution in [3.05, 3.63) is 75.8 Å². The number of fused-ring (bicyclic) bond motifs is 1. The smallest absolute Gasteiger partial charge is 0.266 e. The lowest BCUT2D eigenvalue weighted by molar-refractivity contribution is -0.116. The van der Waals surface area contributed by atoms with Gasteiger partial charge in [-0.05, 0) is 30.7 Å². The SMILES string of the molecule is Cc1cc(Cl)ccc1NC(=O)CCn1cnc2onc(-c3ccccc3)c2c1=O. The number of nitrogens with one attached hydrogen (secondary N) is 1. The number of amides is 1. The van der Waals surface area contributed by atoms with Crippen molar-refractivity contribution in [3.63, 3.8) is 0 Å². The van der Waals surface area contributed by atoms with Gasteiger partial charge in [-0.3, -0.25) is 14.2 Å². The Bertz CT molecular complexity index is 1250. The van der Waals surface area contributed by atoms with E-state index >= 15 is 0 Å². The molecule has 0 radical (unpaired) electrons. The number of aromatic nitrogens is 3. The molecule has 0 aliphatic rings. The molecule has 1 amide bonds. The van der Waals surface area contributed by atoms with Crippen molar-refractivity contribution >= 4 is 34.3 Å². The first kappa shape index (κ1) is 18.9. The Hall–Kier alpha value is -3.45. The highest BCUT2D eigenvalue weighted by Crippen LogP contribution is 2.24. The molecule has 0 unspecified atom stereocenters. The van der Waals surface area contributed by atoms with E-state index in [1.807, 2.05) is 37.3 Å². The summed E-state index contributed by atoms with van der Waals surface area (Å²) in [7, 11) is 0. The lowest BCUT2D eigenvalue weighted by atomic mass is 10.1. The van der Waals surface area contributed by atoms with Crippen LogP contribution >= 0.6 is 11.6 Å². The molecule has 0 saturated carbocycles. The molecule has 0 saturated heterocycles. The van der Waals surface area contributed by atoms with E-state index in [2.05, 4.69) is 15.5 Å². The van der Waals surface area contributed by atoms with Crippen molar-refractivity contribution in [2.24, 2.45) is 0 Å². The molecule has 1 N–H and O–H groups in total. The summed E-state index contributed by atoms with van der Waals surface area (Å²) in [5.41, 5.74) is 2.62. The minimum Gasteiger partial charge on any atom is -0.335 e. The third kappa shape index (κ3) is 3.90. The standard InChI is InChI=1S/C21H17ClN4O3/c1-13-11-15(22)7-8-16(13)24-17(27)9-10-26-12-23-20-18(21(26)28)19(25-29-20)14-5-3-2-4-6-14/h2-8,11-12H,9-10H2,1H3,(H,24,27). The van der Waals surface area contributed by atoms with Gasteiger partial charge in [-0.15, -0.1) is 0 Å². The fraction of sp³-hybridized carbons (Fsp3) is 0.143. The molecule has 0 spiro atoms. The van der Waals surface area contributed by atoms with E-state index in [1.165, 1.54) is 10.9 Å². The molecule has 0 aliphatic carbocycles. The molecule has 0 bridgehead atoms. The van der Waals surface area contributed by atoms with Gasteiger partial charge in [0.2, 0.25) is 5.91 Å². The Balaban J connectivity index is 1.55. The summed E-state index contributed by atoms with van der Waals surface area (Å²) in [5, 5.41) is 7.73. The molecule has 2 heterocycles. The van der Waals surface area contributed by atoms with Crippen LogP contribution in [0, 0.1) is 6.92 Å². The van der Waals surface area contributed by atoms with Gasteiger partial charge in [-0.25, -0.2) is 4.98 Å². The van der Waals surface area contributed by atoms with Gasteiger partial charge in [0.15, 0.2) is 0 Å². The molecular formula is C21H17ClN4O3. The van der Waals surface area contributed by atoms with Crippen molar-refractivity contribution < 1.29 is 9.32 Å². The van der Waals surface area contributed by atoms with Crippen LogP contribution in [0.1, 0.15) is 12.0 Å². The zero-order chi connectivity index (χ0) is 20.4. The second kappa shape index (κ2) is 7.89. The lowest BCUT2D eigenvalue weighted by Gasteiger charge is -2.09. The zero-order valence-corrected chi connectivity index (χ0v) is 16.3. The minimum atomic E-state index is -0.300. The molecule has 2 aromatic carbocycles. The summed E-state index contributed by atoms with van der Waals surface area (Å²) >= 11 is 5.94. The normalized spacial score (nSPS) is 11.0. The van der Waals surface area contributed by atoms with Crippen LogP contribution in [0.2, 0.25) is 5.02 Å². The number of aryl methyl sites for hydroxylation is 2. The maximum atomic E-state index is 12.9. The maximum absolute atomic E-state index is 12.9. The van der Waals surface area contributed by atoms with E-state index in [4.69, 9.17) is 16.1 Å². The Morgan fingerprint density at radius 1 is 1.21 bits per heavy atom. The first-order valence-electron chi connectivity index (χ1n) is 8.99. The van der Waals surface area contributed by atoms with Gasteiger partial charge in [0.05, 0.1) is 0 Å². The van der Waals surface area contributed by atoms with Crippen LogP contribution in [0.5, 0.6) is 0 Å². The topological polar surface area (TPSA) is 90.0 Å². The molecule has 29 heavy (non-hydrogen) atoms. The first-order chi connectivity index (χ1) is 14.0. The monoisotopic (exact) mass is 408 g/mol. The number of carbonyl (C=O) groups excluding carboxylic acids is 1. The maximum Gasteiger partial charge on any atom is 0.266 e. The van der Waals surface area contributed by atoms with Gasteiger partial charge < -0.3 is 9.84 Å². The molecule has 0 fully saturated rings. The fourth-order valence-electron chi connectivity index (χ4n) is 3.03. The molecular weight excluding hydrogens is 392 g/mol. The number of hydrogen-bond donors (Lipinski definition) is 1. The van der Waals surface area contributed by atoms with Gasteiger partial charge in [-0.1, -0.05) is 47.1 Å². The molecule has 146 valence electrons. The van der Waals surface area contributed by atoms with Gasteiger partial charge >= 0.3 is 0 Å². The van der Waals surface area contributed by atoms with E-state index in [1.54, 1.807) is 18.2 Å². The number of anilines is 1. The molecule has 0 atom stereocenters. The zero-order valence-electron chi connectivity index (χ0n) is 15.6. The highest BCUT2D eigenvalue weighted by atomic mass is 35.5. The van der Waals surface area contributed by atoms with Crippen LogP contribution in [0.3, 0.4) is 0 Å². The van der Waals surface area contributed by atoms with Crippen LogP contribution in [-0.4, -0.2) is 20.6 Å². The Morgan fingerprint density at radius 3 is 2.76 bits per heavy atom. The number of carbonyl (C=O) groups is 1. The quantitative estimate of drug-likeness (QED) is 0.538. The fourth-order valence-corrected chi connectivity index (χ4v) is 3.26. The van der Waals surface area contributed by atoms with E-state index < -0.39 is 0 Å². The Kier molecular flexibility index (Phi) is 5.14. The summed E-state index contributed by atoms with van der Waals surface area (Å²) in [4.78, 5) is 29.4. The lowest BCUT2D eigenvalue weighted by Crippen LogP contribution is -2.23. The Morgan fingerprint density at radius 2 is 2.00 bits per heavy atom. The average Bonchev–Trinajstić information content (AvgIpc) is 3.15. The first-order valence-corrected chi connectivity index (χ1v) is 9.37.